The highest BCUT2D eigenvalue weighted by atomic mass is 16.5. The van der Waals surface area contributed by atoms with Gasteiger partial charge in [0.1, 0.15) is 16.9 Å². The van der Waals surface area contributed by atoms with Gasteiger partial charge in [-0.05, 0) is 55.7 Å². The van der Waals surface area contributed by atoms with E-state index in [9.17, 15) is 0 Å². The number of nitrogens with one attached hydrogen (secondary N) is 1. The molecule has 0 aliphatic carbocycles. The molecule has 1 aromatic carbocycles. The Balaban J connectivity index is 1.64. The Morgan fingerprint density at radius 3 is 2.60 bits per heavy atom. The lowest BCUT2D eigenvalue weighted by Gasteiger charge is -2.11. The van der Waals surface area contributed by atoms with Gasteiger partial charge >= 0.3 is 0 Å². The molecule has 3 aromatic heterocycles. The average molecular weight is 406 g/mol. The Hall–Kier alpha value is -3.48. The number of fused-ring (bicyclic) bond motifs is 1. The maximum absolute atomic E-state index is 8.79. The number of hydrogen-bond donors (Lipinski definition) is 1. The van der Waals surface area contributed by atoms with Gasteiger partial charge < -0.3 is 23.0 Å². The van der Waals surface area contributed by atoms with Crippen LogP contribution in [0.1, 0.15) is 22.6 Å². The predicted molar refractivity (Wildman–Crippen MR) is 114 cm³/mol. The van der Waals surface area contributed by atoms with E-state index in [1.807, 2.05) is 34.9 Å². The van der Waals surface area contributed by atoms with Gasteiger partial charge in [-0.1, -0.05) is 6.07 Å². The highest BCUT2D eigenvalue weighted by Gasteiger charge is 2.16. The molecule has 0 aliphatic heterocycles. The minimum absolute atomic E-state index is 0.472. The summed E-state index contributed by atoms with van der Waals surface area (Å²) < 4.78 is 20.2. The highest BCUT2D eigenvalue weighted by molar-refractivity contribution is 5.80. The van der Waals surface area contributed by atoms with Crippen LogP contribution in [0.15, 0.2) is 47.3 Å². The molecule has 1 N–H and O–H groups in total. The second-order valence-corrected chi connectivity index (χ2v) is 7.30. The molecule has 0 spiro atoms. The summed E-state index contributed by atoms with van der Waals surface area (Å²) in [5.41, 5.74) is 4.57. The molecule has 0 saturated carbocycles. The first kappa shape index (κ1) is 19.8. The molecule has 7 nitrogen and oxygen atoms in total. The van der Waals surface area contributed by atoms with E-state index in [-0.39, 0.29) is 0 Å². The molecular weight excluding hydrogens is 380 g/mol. The molecule has 0 aliphatic rings. The van der Waals surface area contributed by atoms with Crippen LogP contribution in [0.2, 0.25) is 0 Å². The maximum atomic E-state index is 8.79. The third-order valence-electron chi connectivity index (χ3n) is 5.63. The van der Waals surface area contributed by atoms with Crippen molar-refractivity contribution in [3.8, 4) is 11.5 Å². The molecule has 3 heterocycles. The van der Waals surface area contributed by atoms with Crippen molar-refractivity contribution in [1.29, 1.82) is 5.41 Å². The summed E-state index contributed by atoms with van der Waals surface area (Å²) in [6.45, 7) is 5.37. The number of benzene rings is 1. The number of aryl methyl sites for hydroxylation is 3. The van der Waals surface area contributed by atoms with Crippen LogP contribution in [0.25, 0.3) is 11.0 Å². The maximum Gasteiger partial charge on any atom is 0.160 e. The summed E-state index contributed by atoms with van der Waals surface area (Å²) in [6.07, 6.45) is 4.19. The molecule has 4 rings (SSSR count). The molecule has 156 valence electrons. The van der Waals surface area contributed by atoms with Gasteiger partial charge in [-0.15, -0.1) is 0 Å². The third kappa shape index (κ3) is 3.47. The smallest absolute Gasteiger partial charge is 0.160 e. The van der Waals surface area contributed by atoms with Crippen molar-refractivity contribution in [1.82, 2.24) is 14.1 Å². The van der Waals surface area contributed by atoms with Crippen molar-refractivity contribution in [2.75, 3.05) is 14.2 Å². The zero-order valence-electron chi connectivity index (χ0n) is 17.7. The molecular formula is C23H26N4O3. The summed E-state index contributed by atoms with van der Waals surface area (Å²) in [4.78, 5) is 4.70. The number of ether oxygens (including phenoxy) is 2. The molecule has 0 unspecified atom stereocenters. The largest absolute Gasteiger partial charge is 0.493 e. The standard InChI is InChI=1S/C23H26N4O3/c1-15-16(2)27(13-18-6-5-11-30-18)23-21(15)22(24)26(14-25-23)10-9-17-7-8-19(28-3)20(12-17)29-4/h5-8,11-12,14,24H,9-10,13H2,1-4H3. The van der Waals surface area contributed by atoms with Crippen LogP contribution in [-0.4, -0.2) is 28.3 Å². The molecule has 0 radical (unpaired) electrons. The van der Waals surface area contributed by atoms with Crippen LogP contribution in [0.3, 0.4) is 0 Å². The monoisotopic (exact) mass is 406 g/mol. The van der Waals surface area contributed by atoms with Gasteiger partial charge in [0.05, 0.1) is 38.7 Å². The van der Waals surface area contributed by atoms with E-state index < -0.39 is 0 Å². The minimum Gasteiger partial charge on any atom is -0.493 e. The molecule has 0 bridgehead atoms. The van der Waals surface area contributed by atoms with E-state index in [0.717, 1.165) is 40.0 Å². The van der Waals surface area contributed by atoms with Crippen molar-refractivity contribution >= 4 is 11.0 Å². The Morgan fingerprint density at radius 2 is 1.90 bits per heavy atom. The second kappa shape index (κ2) is 8.10. The molecule has 4 aromatic rings. The fraction of sp³-hybridized carbons (Fsp3) is 0.304. The van der Waals surface area contributed by atoms with Gasteiger partial charge in [0.15, 0.2) is 11.5 Å². The molecule has 7 heteroatoms. The summed E-state index contributed by atoms with van der Waals surface area (Å²) >= 11 is 0. The van der Waals surface area contributed by atoms with Crippen molar-refractivity contribution in [2.24, 2.45) is 0 Å². The zero-order valence-corrected chi connectivity index (χ0v) is 17.7. The van der Waals surface area contributed by atoms with Gasteiger partial charge in [0.25, 0.3) is 0 Å². The molecule has 0 amide bonds. The van der Waals surface area contributed by atoms with Crippen molar-refractivity contribution in [3.05, 3.63) is 71.0 Å². The van der Waals surface area contributed by atoms with Crippen LogP contribution < -0.4 is 15.0 Å². The van der Waals surface area contributed by atoms with Crippen LogP contribution >= 0.6 is 0 Å². The molecule has 0 atom stereocenters. The summed E-state index contributed by atoms with van der Waals surface area (Å²) in [7, 11) is 3.26. The normalized spacial score (nSPS) is 11.2. The first-order chi connectivity index (χ1) is 14.5. The Kier molecular flexibility index (Phi) is 5.35. The number of rotatable bonds is 7. The van der Waals surface area contributed by atoms with Crippen LogP contribution in [-0.2, 0) is 19.5 Å². The van der Waals surface area contributed by atoms with Gasteiger partial charge in [-0.2, -0.15) is 0 Å². The Morgan fingerprint density at radius 1 is 1.10 bits per heavy atom. The van der Waals surface area contributed by atoms with Crippen LogP contribution in [0, 0.1) is 19.3 Å². The van der Waals surface area contributed by atoms with Crippen LogP contribution in [0.4, 0.5) is 0 Å². The Bertz CT molecular complexity index is 1240. The Labute approximate surface area is 175 Å². The average Bonchev–Trinajstić information content (AvgIpc) is 3.36. The van der Waals surface area contributed by atoms with Crippen molar-refractivity contribution in [3.63, 3.8) is 0 Å². The third-order valence-corrected chi connectivity index (χ3v) is 5.63. The fourth-order valence-corrected chi connectivity index (χ4v) is 3.80. The summed E-state index contributed by atoms with van der Waals surface area (Å²) in [5, 5.41) is 9.67. The predicted octanol–water partition coefficient (Wildman–Crippen LogP) is 3.84. The molecule has 0 fully saturated rings. The van der Waals surface area contributed by atoms with Crippen molar-refractivity contribution < 1.29 is 13.9 Å². The van der Waals surface area contributed by atoms with E-state index in [0.29, 0.717) is 30.1 Å². The topological polar surface area (TPSA) is 78.2 Å². The number of methoxy groups -OCH3 is 2. The number of furan rings is 1. The first-order valence-corrected chi connectivity index (χ1v) is 9.86. The lowest BCUT2D eigenvalue weighted by Crippen LogP contribution is -2.22. The second-order valence-electron chi connectivity index (χ2n) is 7.30. The van der Waals surface area contributed by atoms with E-state index in [4.69, 9.17) is 24.3 Å². The SMILES string of the molecule is COc1ccc(CCn2cnc3c(c(C)c(C)n3Cc3ccco3)c2=N)cc1OC. The number of hydrogen-bond acceptors (Lipinski definition) is 5. The fourth-order valence-electron chi connectivity index (χ4n) is 3.80. The highest BCUT2D eigenvalue weighted by Crippen LogP contribution is 2.28. The van der Waals surface area contributed by atoms with Gasteiger partial charge in [-0.25, -0.2) is 4.98 Å². The minimum atomic E-state index is 0.472. The van der Waals surface area contributed by atoms with E-state index in [1.165, 1.54) is 0 Å². The van der Waals surface area contributed by atoms with E-state index >= 15 is 0 Å². The van der Waals surface area contributed by atoms with Crippen molar-refractivity contribution in [2.45, 2.75) is 33.4 Å². The quantitative estimate of drug-likeness (QED) is 0.506. The van der Waals surface area contributed by atoms with E-state index in [2.05, 4.69) is 18.4 Å². The van der Waals surface area contributed by atoms with Gasteiger partial charge in [0, 0.05) is 12.2 Å². The molecule has 0 saturated heterocycles. The lowest BCUT2D eigenvalue weighted by molar-refractivity contribution is 0.354. The first-order valence-electron chi connectivity index (χ1n) is 9.86. The zero-order chi connectivity index (χ0) is 21.3. The molecule has 30 heavy (non-hydrogen) atoms. The lowest BCUT2D eigenvalue weighted by atomic mass is 10.1. The van der Waals surface area contributed by atoms with Gasteiger partial charge in [0.2, 0.25) is 0 Å². The van der Waals surface area contributed by atoms with Gasteiger partial charge in [-0.3, -0.25) is 5.41 Å². The van der Waals surface area contributed by atoms with Crippen LogP contribution in [0.5, 0.6) is 11.5 Å². The number of nitrogens with zero attached hydrogens (tertiary/aromatic N) is 3. The summed E-state index contributed by atoms with van der Waals surface area (Å²) in [5.74, 6) is 2.29. The number of aromatic nitrogens is 3. The summed E-state index contributed by atoms with van der Waals surface area (Å²) in [6, 6.07) is 9.74. The van der Waals surface area contributed by atoms with E-state index in [1.54, 1.807) is 26.8 Å².